The molecule has 1 aromatic rings. The molecular formula is C16H23FN3O2S+. The zero-order valence-electron chi connectivity index (χ0n) is 13.6. The molecular weight excluding hydrogens is 317 g/mol. The summed E-state index contributed by atoms with van der Waals surface area (Å²) < 4.78 is 14.0. The van der Waals surface area contributed by atoms with E-state index in [1.54, 1.807) is 25.1 Å². The van der Waals surface area contributed by atoms with Gasteiger partial charge in [0.1, 0.15) is 17.2 Å². The molecule has 1 aliphatic rings. The SMILES string of the molecule is C[C@H](C(=O)NCC[NH+](C)C)N1C(=O)CS[C@H]1c1ccccc1F. The van der Waals surface area contributed by atoms with Gasteiger partial charge in [-0.2, -0.15) is 0 Å². The molecule has 2 rings (SSSR count). The molecule has 0 radical (unpaired) electrons. The molecule has 0 aliphatic carbocycles. The van der Waals surface area contributed by atoms with Crippen molar-refractivity contribution >= 4 is 23.6 Å². The zero-order chi connectivity index (χ0) is 17.0. The average molecular weight is 340 g/mol. The van der Waals surface area contributed by atoms with E-state index in [-0.39, 0.29) is 23.4 Å². The maximum atomic E-state index is 14.0. The van der Waals surface area contributed by atoms with Gasteiger partial charge in [0.2, 0.25) is 11.8 Å². The van der Waals surface area contributed by atoms with Gasteiger partial charge in [0.05, 0.1) is 32.9 Å². The third-order valence-corrected chi connectivity index (χ3v) is 5.01. The number of thioether (sulfide) groups is 1. The fourth-order valence-electron chi connectivity index (χ4n) is 2.48. The first-order chi connectivity index (χ1) is 10.9. The van der Waals surface area contributed by atoms with Crippen molar-refractivity contribution in [1.82, 2.24) is 10.2 Å². The van der Waals surface area contributed by atoms with Crippen molar-refractivity contribution in [1.29, 1.82) is 0 Å². The molecule has 2 atom stereocenters. The first-order valence-electron chi connectivity index (χ1n) is 7.65. The summed E-state index contributed by atoms with van der Waals surface area (Å²) in [6.45, 7) is 3.04. The lowest BCUT2D eigenvalue weighted by Crippen LogP contribution is -3.06. The van der Waals surface area contributed by atoms with Crippen LogP contribution in [-0.2, 0) is 9.59 Å². The summed E-state index contributed by atoms with van der Waals surface area (Å²) in [6.07, 6.45) is 0. The molecule has 5 nitrogen and oxygen atoms in total. The van der Waals surface area contributed by atoms with Crippen LogP contribution in [0, 0.1) is 5.82 Å². The van der Waals surface area contributed by atoms with Crippen LogP contribution in [0.25, 0.3) is 0 Å². The second kappa shape index (κ2) is 7.79. The number of quaternary nitrogens is 1. The number of carbonyl (C=O) groups excluding carboxylic acids is 2. The number of hydrogen-bond acceptors (Lipinski definition) is 3. The molecule has 2 N–H and O–H groups in total. The minimum Gasteiger partial charge on any atom is -0.349 e. The zero-order valence-corrected chi connectivity index (χ0v) is 14.5. The monoisotopic (exact) mass is 340 g/mol. The molecule has 0 unspecified atom stereocenters. The molecule has 0 saturated carbocycles. The van der Waals surface area contributed by atoms with E-state index < -0.39 is 11.4 Å². The largest absolute Gasteiger partial charge is 0.349 e. The van der Waals surface area contributed by atoms with Gasteiger partial charge in [0.15, 0.2) is 0 Å². The van der Waals surface area contributed by atoms with Gasteiger partial charge in [-0.1, -0.05) is 18.2 Å². The van der Waals surface area contributed by atoms with Gasteiger partial charge in [0.25, 0.3) is 0 Å². The highest BCUT2D eigenvalue weighted by molar-refractivity contribution is 8.00. The minimum absolute atomic E-state index is 0.135. The number of amides is 2. The number of benzene rings is 1. The summed E-state index contributed by atoms with van der Waals surface area (Å²) in [5, 5.41) is 2.39. The summed E-state index contributed by atoms with van der Waals surface area (Å²) in [5.41, 5.74) is 0.445. The maximum absolute atomic E-state index is 14.0. The topological polar surface area (TPSA) is 53.9 Å². The van der Waals surface area contributed by atoms with E-state index >= 15 is 0 Å². The van der Waals surface area contributed by atoms with E-state index in [1.807, 2.05) is 14.1 Å². The first-order valence-corrected chi connectivity index (χ1v) is 8.70. The third kappa shape index (κ3) is 4.23. The number of likely N-dealkylation sites (N-methyl/N-ethyl adjacent to an activating group) is 1. The van der Waals surface area contributed by atoms with Gasteiger partial charge in [-0.15, -0.1) is 11.8 Å². The number of rotatable bonds is 6. The van der Waals surface area contributed by atoms with Gasteiger partial charge in [-0.3, -0.25) is 9.59 Å². The van der Waals surface area contributed by atoms with Crippen LogP contribution in [0.1, 0.15) is 17.9 Å². The number of nitrogens with zero attached hydrogens (tertiary/aromatic N) is 1. The van der Waals surface area contributed by atoms with Crippen LogP contribution in [-0.4, -0.2) is 55.7 Å². The van der Waals surface area contributed by atoms with E-state index in [0.29, 0.717) is 12.1 Å². The van der Waals surface area contributed by atoms with Crippen LogP contribution in [0.5, 0.6) is 0 Å². The molecule has 1 heterocycles. The van der Waals surface area contributed by atoms with E-state index in [1.165, 1.54) is 27.6 Å². The van der Waals surface area contributed by atoms with Gasteiger partial charge in [0, 0.05) is 5.56 Å². The van der Waals surface area contributed by atoms with Gasteiger partial charge >= 0.3 is 0 Å². The second-order valence-electron chi connectivity index (χ2n) is 5.91. The maximum Gasteiger partial charge on any atom is 0.242 e. The van der Waals surface area contributed by atoms with Crippen molar-refractivity contribution in [2.24, 2.45) is 0 Å². The Hall–Kier alpha value is -1.60. The molecule has 1 fully saturated rings. The number of hydrogen-bond donors (Lipinski definition) is 2. The Bertz CT molecular complexity index is 582. The molecule has 2 amide bonds. The fourth-order valence-corrected chi connectivity index (χ4v) is 3.76. The Morgan fingerprint density at radius 2 is 2.17 bits per heavy atom. The standard InChI is InChI=1S/C16H22FN3O2S/c1-11(15(22)18-8-9-19(2)3)20-14(21)10-23-16(20)12-6-4-5-7-13(12)17/h4-7,11,16H,8-10H2,1-3H3,(H,18,22)/p+1/t11-,16+/m1/s1. The Labute approximate surface area is 140 Å². The predicted octanol–water partition coefficient (Wildman–Crippen LogP) is 0.0489. The smallest absolute Gasteiger partial charge is 0.242 e. The van der Waals surface area contributed by atoms with Gasteiger partial charge in [-0.05, 0) is 13.0 Å². The molecule has 0 spiro atoms. The molecule has 1 aliphatic heterocycles. The van der Waals surface area contributed by atoms with Gasteiger partial charge in [-0.25, -0.2) is 4.39 Å². The summed E-state index contributed by atoms with van der Waals surface area (Å²) in [5.74, 6) is -0.431. The molecule has 1 saturated heterocycles. The van der Waals surface area contributed by atoms with E-state index in [0.717, 1.165) is 6.54 Å². The number of carbonyl (C=O) groups is 2. The Morgan fingerprint density at radius 1 is 1.48 bits per heavy atom. The minimum atomic E-state index is -0.626. The highest BCUT2D eigenvalue weighted by atomic mass is 32.2. The highest BCUT2D eigenvalue weighted by Crippen LogP contribution is 2.40. The molecule has 1 aromatic carbocycles. The normalized spacial score (nSPS) is 19.3. The fraction of sp³-hybridized carbons (Fsp3) is 0.500. The summed E-state index contributed by atoms with van der Waals surface area (Å²) in [7, 11) is 4.01. The van der Waals surface area contributed by atoms with Crippen molar-refractivity contribution in [2.45, 2.75) is 18.3 Å². The first kappa shape index (κ1) is 17.7. The third-order valence-electron chi connectivity index (χ3n) is 3.80. The lowest BCUT2D eigenvalue weighted by atomic mass is 10.1. The Kier molecular flexibility index (Phi) is 6.01. The van der Waals surface area contributed by atoms with Gasteiger partial charge < -0.3 is 15.1 Å². The van der Waals surface area contributed by atoms with E-state index in [9.17, 15) is 14.0 Å². The van der Waals surface area contributed by atoms with Crippen molar-refractivity contribution in [3.8, 4) is 0 Å². The summed E-state index contributed by atoms with van der Waals surface area (Å²) in [4.78, 5) is 27.2. The number of nitrogens with one attached hydrogen (secondary N) is 2. The van der Waals surface area contributed by atoms with Crippen molar-refractivity contribution in [3.63, 3.8) is 0 Å². The summed E-state index contributed by atoms with van der Waals surface area (Å²) in [6, 6.07) is 5.77. The van der Waals surface area contributed by atoms with Crippen LogP contribution in [0.3, 0.4) is 0 Å². The van der Waals surface area contributed by atoms with Crippen LogP contribution in [0.4, 0.5) is 4.39 Å². The number of halogens is 1. The molecule has 23 heavy (non-hydrogen) atoms. The Morgan fingerprint density at radius 3 is 2.83 bits per heavy atom. The van der Waals surface area contributed by atoms with E-state index in [4.69, 9.17) is 0 Å². The van der Waals surface area contributed by atoms with E-state index in [2.05, 4.69) is 5.32 Å². The lowest BCUT2D eigenvalue weighted by molar-refractivity contribution is -0.856. The van der Waals surface area contributed by atoms with Crippen LogP contribution >= 0.6 is 11.8 Å². The average Bonchev–Trinajstić information content (AvgIpc) is 2.88. The molecule has 7 heteroatoms. The quantitative estimate of drug-likeness (QED) is 0.769. The van der Waals surface area contributed by atoms with Crippen LogP contribution < -0.4 is 10.2 Å². The predicted molar refractivity (Wildman–Crippen MR) is 88.6 cm³/mol. The highest BCUT2D eigenvalue weighted by Gasteiger charge is 2.39. The van der Waals surface area contributed by atoms with Crippen molar-refractivity contribution in [3.05, 3.63) is 35.6 Å². The molecule has 0 bridgehead atoms. The Balaban J connectivity index is 2.10. The van der Waals surface area contributed by atoms with Crippen molar-refractivity contribution in [2.75, 3.05) is 32.9 Å². The molecule has 126 valence electrons. The summed E-state index contributed by atoms with van der Waals surface area (Å²) >= 11 is 1.35. The molecule has 0 aromatic heterocycles. The van der Waals surface area contributed by atoms with Crippen LogP contribution in [0.2, 0.25) is 0 Å². The lowest BCUT2D eigenvalue weighted by Gasteiger charge is -2.29. The second-order valence-corrected chi connectivity index (χ2v) is 6.98. The van der Waals surface area contributed by atoms with Crippen molar-refractivity contribution < 1.29 is 18.9 Å². The van der Waals surface area contributed by atoms with Crippen LogP contribution in [0.15, 0.2) is 24.3 Å².